The molecular formula is C32H29ClF3N9O. The molecule has 2 aliphatic rings. The molecule has 1 aliphatic carbocycles. The first-order chi connectivity index (χ1) is 22.2. The van der Waals surface area contributed by atoms with Crippen molar-refractivity contribution in [2.45, 2.75) is 57.5 Å². The lowest BCUT2D eigenvalue weighted by Crippen LogP contribution is -2.38. The van der Waals surface area contributed by atoms with E-state index in [-0.39, 0.29) is 11.9 Å². The van der Waals surface area contributed by atoms with E-state index in [0.29, 0.717) is 47.3 Å². The van der Waals surface area contributed by atoms with Crippen molar-refractivity contribution in [3.05, 3.63) is 82.8 Å². The molecule has 0 spiro atoms. The van der Waals surface area contributed by atoms with E-state index in [4.69, 9.17) is 21.3 Å². The third-order valence-corrected chi connectivity index (χ3v) is 8.80. The number of alkyl halides is 3. The third kappa shape index (κ3) is 6.54. The number of halogens is 4. The SMILES string of the molecule is N#CC1(Cn2c(CN3CCC(Oc4ccnc(Cc5ccc(Cl)cc5)n4)CC3)nc3cc(-c4nnc(C(F)(F)F)[nH]4)ccc32)CC1. The summed E-state index contributed by atoms with van der Waals surface area (Å²) in [6.07, 6.45) is 0.936. The number of hydrogen-bond acceptors (Lipinski definition) is 8. The van der Waals surface area contributed by atoms with Crippen molar-refractivity contribution < 1.29 is 17.9 Å². The van der Waals surface area contributed by atoms with Crippen molar-refractivity contribution in [2.24, 2.45) is 5.41 Å². The van der Waals surface area contributed by atoms with Crippen molar-refractivity contribution in [2.75, 3.05) is 13.1 Å². The number of hydrogen-bond donors (Lipinski definition) is 1. The van der Waals surface area contributed by atoms with E-state index in [1.54, 1.807) is 24.4 Å². The Morgan fingerprint density at radius 3 is 2.52 bits per heavy atom. The summed E-state index contributed by atoms with van der Waals surface area (Å²) in [6.45, 7) is 2.64. The average Bonchev–Trinajstić information content (AvgIpc) is 3.48. The molecule has 4 heterocycles. The maximum atomic E-state index is 13.1. The van der Waals surface area contributed by atoms with E-state index < -0.39 is 17.4 Å². The Morgan fingerprint density at radius 1 is 1.04 bits per heavy atom. The Labute approximate surface area is 267 Å². The van der Waals surface area contributed by atoms with Crippen molar-refractivity contribution in [1.82, 2.24) is 39.6 Å². The van der Waals surface area contributed by atoms with Gasteiger partial charge in [-0.15, -0.1) is 10.2 Å². The molecular weight excluding hydrogens is 619 g/mol. The fourth-order valence-electron chi connectivity index (χ4n) is 5.77. The molecule has 0 atom stereocenters. The zero-order valence-corrected chi connectivity index (χ0v) is 25.4. The molecule has 236 valence electrons. The molecule has 1 aliphatic heterocycles. The number of aromatic nitrogens is 7. The van der Waals surface area contributed by atoms with Crippen molar-refractivity contribution >= 4 is 22.6 Å². The normalized spacial score (nSPS) is 16.8. The molecule has 0 radical (unpaired) electrons. The van der Waals surface area contributed by atoms with Gasteiger partial charge in [0.2, 0.25) is 11.7 Å². The second-order valence-corrected chi connectivity index (χ2v) is 12.4. The van der Waals surface area contributed by atoms with Crippen LogP contribution in [-0.4, -0.2) is 58.8 Å². The summed E-state index contributed by atoms with van der Waals surface area (Å²) in [7, 11) is 0. The number of aromatic amines is 1. The van der Waals surface area contributed by atoms with Gasteiger partial charge in [-0.1, -0.05) is 23.7 Å². The maximum absolute atomic E-state index is 13.1. The van der Waals surface area contributed by atoms with Crippen molar-refractivity contribution in [3.8, 4) is 23.3 Å². The highest BCUT2D eigenvalue weighted by atomic mass is 35.5. The number of imidazole rings is 1. The molecule has 0 amide bonds. The van der Waals surface area contributed by atoms with Crippen LogP contribution in [0.5, 0.6) is 5.88 Å². The predicted octanol–water partition coefficient (Wildman–Crippen LogP) is 6.22. The lowest BCUT2D eigenvalue weighted by molar-refractivity contribution is -0.144. The van der Waals surface area contributed by atoms with Crippen LogP contribution in [0.25, 0.3) is 22.4 Å². The number of H-pyrrole nitrogens is 1. The van der Waals surface area contributed by atoms with Gasteiger partial charge in [0.05, 0.1) is 29.1 Å². The lowest BCUT2D eigenvalue weighted by atomic mass is 10.1. The summed E-state index contributed by atoms with van der Waals surface area (Å²) in [5, 5.41) is 17.4. The van der Waals surface area contributed by atoms with Crippen LogP contribution in [0.15, 0.2) is 54.7 Å². The number of nitrogens with one attached hydrogen (secondary N) is 1. The fraction of sp³-hybridized carbons (Fsp3) is 0.375. The minimum atomic E-state index is -4.62. The number of benzene rings is 2. The number of nitriles is 1. The number of nitrogens with zero attached hydrogens (tertiary/aromatic N) is 8. The maximum Gasteiger partial charge on any atom is 0.451 e. The van der Waals surface area contributed by atoms with Gasteiger partial charge in [-0.2, -0.15) is 23.4 Å². The largest absolute Gasteiger partial charge is 0.474 e. The Bertz CT molecular complexity index is 1900. The summed E-state index contributed by atoms with van der Waals surface area (Å²) >= 11 is 6.00. The molecule has 3 aromatic heterocycles. The molecule has 46 heavy (non-hydrogen) atoms. The van der Waals surface area contributed by atoms with E-state index in [2.05, 4.69) is 40.7 Å². The summed E-state index contributed by atoms with van der Waals surface area (Å²) in [6, 6.07) is 17.1. The van der Waals surface area contributed by atoms with Gasteiger partial charge in [0.15, 0.2) is 5.82 Å². The van der Waals surface area contributed by atoms with Gasteiger partial charge in [-0.25, -0.2) is 9.97 Å². The summed E-state index contributed by atoms with van der Waals surface area (Å²) in [5.74, 6) is 0.904. The first kappa shape index (κ1) is 30.1. The molecule has 1 N–H and O–H groups in total. The van der Waals surface area contributed by atoms with Gasteiger partial charge in [0.1, 0.15) is 17.8 Å². The van der Waals surface area contributed by atoms with Crippen molar-refractivity contribution in [3.63, 3.8) is 0 Å². The highest BCUT2D eigenvalue weighted by molar-refractivity contribution is 6.30. The van der Waals surface area contributed by atoms with E-state index in [9.17, 15) is 18.4 Å². The number of fused-ring (bicyclic) bond motifs is 1. The van der Waals surface area contributed by atoms with Crippen LogP contribution in [0.3, 0.4) is 0 Å². The fourth-order valence-corrected chi connectivity index (χ4v) is 5.90. The standard InChI is InChI=1S/C32H29ClF3N9O/c33-22-4-1-20(2-5-22)15-26-38-12-7-28(40-26)46-23-8-13-44(14-9-23)17-27-39-24-16-21(29-41-30(43-42-29)32(34,35)36)3-6-25(24)45(27)19-31(18-37)10-11-31/h1-7,12,16,23H,8-11,13-15,17,19H2,(H,41,42,43). The second-order valence-electron chi connectivity index (χ2n) is 11.9. The van der Waals surface area contributed by atoms with Crippen LogP contribution in [-0.2, 0) is 25.7 Å². The van der Waals surface area contributed by atoms with Crippen LogP contribution in [0.1, 0.15) is 48.7 Å². The highest BCUT2D eigenvalue weighted by Gasteiger charge is 2.44. The Morgan fingerprint density at radius 2 is 1.83 bits per heavy atom. The first-order valence-electron chi connectivity index (χ1n) is 15.0. The minimum Gasteiger partial charge on any atom is -0.474 e. The Kier molecular flexibility index (Phi) is 7.86. The molecule has 5 aromatic rings. The van der Waals surface area contributed by atoms with Gasteiger partial charge >= 0.3 is 6.18 Å². The summed E-state index contributed by atoms with van der Waals surface area (Å²) in [4.78, 5) is 18.5. The number of ether oxygens (including phenoxy) is 1. The molecule has 2 aromatic carbocycles. The van der Waals surface area contributed by atoms with E-state index in [1.807, 2.05) is 30.3 Å². The van der Waals surface area contributed by atoms with Gasteiger partial charge in [0.25, 0.3) is 0 Å². The number of likely N-dealkylation sites (tertiary alicyclic amines) is 1. The molecule has 1 saturated heterocycles. The van der Waals surface area contributed by atoms with Gasteiger partial charge in [-0.3, -0.25) is 4.90 Å². The van der Waals surface area contributed by atoms with Crippen LogP contribution < -0.4 is 4.74 Å². The highest BCUT2D eigenvalue weighted by Crippen LogP contribution is 2.47. The molecule has 2 fully saturated rings. The zero-order valence-electron chi connectivity index (χ0n) is 24.6. The quantitative estimate of drug-likeness (QED) is 0.200. The molecule has 10 nitrogen and oxygen atoms in total. The van der Waals surface area contributed by atoms with Crippen LogP contribution in [0.4, 0.5) is 13.2 Å². The Hall–Kier alpha value is -4.54. The molecule has 0 unspecified atom stereocenters. The van der Waals surface area contributed by atoms with Gasteiger partial charge < -0.3 is 14.3 Å². The zero-order chi connectivity index (χ0) is 31.9. The van der Waals surface area contributed by atoms with Gasteiger partial charge in [-0.05, 0) is 61.6 Å². The molecule has 0 bridgehead atoms. The average molecular weight is 648 g/mol. The predicted molar refractivity (Wildman–Crippen MR) is 163 cm³/mol. The first-order valence-corrected chi connectivity index (χ1v) is 15.4. The topological polar surface area (TPSA) is 121 Å². The monoisotopic (exact) mass is 647 g/mol. The summed E-state index contributed by atoms with van der Waals surface area (Å²) < 4.78 is 47.6. The molecule has 7 rings (SSSR count). The van der Waals surface area contributed by atoms with E-state index in [1.165, 1.54) is 0 Å². The van der Waals surface area contributed by atoms with Crippen LogP contribution >= 0.6 is 11.6 Å². The Balaban J connectivity index is 1.04. The number of piperidine rings is 1. The third-order valence-electron chi connectivity index (χ3n) is 8.55. The van der Waals surface area contributed by atoms with Gasteiger partial charge in [0, 0.05) is 48.9 Å². The minimum absolute atomic E-state index is 0.00715. The lowest BCUT2D eigenvalue weighted by Gasteiger charge is -2.31. The van der Waals surface area contributed by atoms with E-state index in [0.717, 1.165) is 55.7 Å². The van der Waals surface area contributed by atoms with Crippen LogP contribution in [0, 0.1) is 16.7 Å². The second kappa shape index (κ2) is 12.0. The summed E-state index contributed by atoms with van der Waals surface area (Å²) in [5.41, 5.74) is 2.55. The molecule has 14 heteroatoms. The molecule has 1 saturated carbocycles. The van der Waals surface area contributed by atoms with Crippen molar-refractivity contribution in [1.29, 1.82) is 5.26 Å². The van der Waals surface area contributed by atoms with E-state index >= 15 is 0 Å². The van der Waals surface area contributed by atoms with Crippen LogP contribution in [0.2, 0.25) is 5.02 Å². The number of rotatable bonds is 9. The smallest absolute Gasteiger partial charge is 0.451 e.